The van der Waals surface area contributed by atoms with Crippen molar-refractivity contribution in [2.45, 2.75) is 38.8 Å². The molecule has 144 valence electrons. The Morgan fingerprint density at radius 2 is 2.00 bits per heavy atom. The first-order valence-electron chi connectivity index (χ1n) is 8.82. The molecule has 0 aliphatic carbocycles. The minimum atomic E-state index is -2.96. The van der Waals surface area contributed by atoms with Crippen LogP contribution in [0.2, 0.25) is 0 Å². The van der Waals surface area contributed by atoms with Gasteiger partial charge in [0.2, 0.25) is 5.91 Å². The lowest BCUT2D eigenvalue weighted by Gasteiger charge is -2.18. The Kier molecular flexibility index (Phi) is 7.02. The van der Waals surface area contributed by atoms with E-state index in [0.29, 0.717) is 25.3 Å². The van der Waals surface area contributed by atoms with Crippen molar-refractivity contribution in [3.05, 3.63) is 29.8 Å². The van der Waals surface area contributed by atoms with Gasteiger partial charge in [-0.05, 0) is 37.5 Å². The lowest BCUT2D eigenvalue weighted by atomic mass is 10.2. The van der Waals surface area contributed by atoms with Gasteiger partial charge in [0.15, 0.2) is 5.96 Å². The number of hydrogen-bond donors (Lipinski definition) is 2. The minimum absolute atomic E-state index is 0.000481. The number of rotatable bonds is 7. The molecule has 2 N–H and O–H groups in total. The van der Waals surface area contributed by atoms with Crippen LogP contribution in [0.25, 0.3) is 0 Å². The molecule has 7 nitrogen and oxygen atoms in total. The maximum Gasteiger partial charge on any atom is 0.227 e. The van der Waals surface area contributed by atoms with Crippen LogP contribution in [0.4, 0.5) is 5.69 Å². The molecule has 1 aromatic rings. The van der Waals surface area contributed by atoms with Crippen molar-refractivity contribution in [1.29, 1.82) is 0 Å². The van der Waals surface area contributed by atoms with E-state index in [4.69, 9.17) is 0 Å². The first kappa shape index (κ1) is 20.2. The Balaban J connectivity index is 1.83. The molecule has 1 unspecified atom stereocenters. The highest BCUT2D eigenvalue weighted by atomic mass is 32.2. The Hall–Kier alpha value is -2.09. The molecule has 0 aromatic heterocycles. The molecule has 0 bridgehead atoms. The highest BCUT2D eigenvalue weighted by Crippen LogP contribution is 2.21. The van der Waals surface area contributed by atoms with Gasteiger partial charge < -0.3 is 15.5 Å². The van der Waals surface area contributed by atoms with Crippen molar-refractivity contribution in [3.63, 3.8) is 0 Å². The second-order valence-electron chi connectivity index (χ2n) is 6.71. The summed E-state index contributed by atoms with van der Waals surface area (Å²) in [6.45, 7) is 3.31. The standard InChI is InChI=1S/C18H28N4O3S/c1-14(10-12-26(3,24)25)21-18(19-2)20-13-15-6-8-16(9-7-15)22-11-4-5-17(22)23/h6-9,14H,4-5,10-13H2,1-3H3,(H2,19,20,21). The Morgan fingerprint density at radius 1 is 1.31 bits per heavy atom. The van der Waals surface area contributed by atoms with Crippen LogP contribution in [0.1, 0.15) is 31.7 Å². The van der Waals surface area contributed by atoms with Crippen molar-refractivity contribution in [2.75, 3.05) is 30.5 Å². The number of benzene rings is 1. The first-order chi connectivity index (χ1) is 12.3. The third kappa shape index (κ3) is 6.33. The van der Waals surface area contributed by atoms with Crippen molar-refractivity contribution in [3.8, 4) is 0 Å². The van der Waals surface area contributed by atoms with E-state index in [-0.39, 0.29) is 17.7 Å². The van der Waals surface area contributed by atoms with Crippen molar-refractivity contribution >= 4 is 27.4 Å². The summed E-state index contributed by atoms with van der Waals surface area (Å²) in [6.07, 6.45) is 3.31. The fourth-order valence-corrected chi connectivity index (χ4v) is 3.57. The van der Waals surface area contributed by atoms with E-state index in [1.807, 2.05) is 36.1 Å². The molecule has 2 rings (SSSR count). The second kappa shape index (κ2) is 9.02. The van der Waals surface area contributed by atoms with Crippen molar-refractivity contribution < 1.29 is 13.2 Å². The van der Waals surface area contributed by atoms with E-state index in [1.165, 1.54) is 6.26 Å². The number of nitrogens with zero attached hydrogens (tertiary/aromatic N) is 2. The predicted octanol–water partition coefficient (Wildman–Crippen LogP) is 1.30. The van der Waals surface area contributed by atoms with Crippen LogP contribution >= 0.6 is 0 Å². The van der Waals surface area contributed by atoms with Crippen LogP contribution in [-0.2, 0) is 21.2 Å². The molecule has 1 aliphatic rings. The molecule has 0 saturated carbocycles. The molecular formula is C18H28N4O3S. The summed E-state index contributed by atoms with van der Waals surface area (Å²) in [5.74, 6) is 0.961. The number of hydrogen-bond acceptors (Lipinski definition) is 4. The smallest absolute Gasteiger partial charge is 0.227 e. The van der Waals surface area contributed by atoms with Crippen LogP contribution < -0.4 is 15.5 Å². The summed E-state index contributed by atoms with van der Waals surface area (Å²) >= 11 is 0. The Labute approximate surface area is 155 Å². The highest BCUT2D eigenvalue weighted by Gasteiger charge is 2.21. The van der Waals surface area contributed by atoms with Gasteiger partial charge in [-0.2, -0.15) is 0 Å². The maximum absolute atomic E-state index is 11.8. The Morgan fingerprint density at radius 3 is 2.54 bits per heavy atom. The molecule has 1 fully saturated rings. The monoisotopic (exact) mass is 380 g/mol. The summed E-state index contributed by atoms with van der Waals surface area (Å²) in [5, 5.41) is 6.41. The molecule has 1 saturated heterocycles. The van der Waals surface area contributed by atoms with Crippen molar-refractivity contribution in [1.82, 2.24) is 10.6 Å². The largest absolute Gasteiger partial charge is 0.354 e. The Bertz CT molecular complexity index is 744. The van der Waals surface area contributed by atoms with Crippen LogP contribution in [-0.4, -0.2) is 51.9 Å². The molecule has 1 aliphatic heterocycles. The van der Waals surface area contributed by atoms with Gasteiger partial charge in [0.25, 0.3) is 0 Å². The first-order valence-corrected chi connectivity index (χ1v) is 10.9. The van der Waals surface area contributed by atoms with E-state index < -0.39 is 9.84 Å². The van der Waals surface area contributed by atoms with Crippen LogP contribution in [0, 0.1) is 0 Å². The van der Waals surface area contributed by atoms with E-state index in [0.717, 1.165) is 24.2 Å². The quantitative estimate of drug-likeness (QED) is 0.550. The summed E-state index contributed by atoms with van der Waals surface area (Å²) in [5.41, 5.74) is 2.01. The topological polar surface area (TPSA) is 90.9 Å². The zero-order valence-electron chi connectivity index (χ0n) is 15.7. The number of amides is 1. The van der Waals surface area contributed by atoms with Gasteiger partial charge in [-0.15, -0.1) is 0 Å². The van der Waals surface area contributed by atoms with Crippen LogP contribution in [0.3, 0.4) is 0 Å². The molecule has 8 heteroatoms. The zero-order valence-corrected chi connectivity index (χ0v) is 16.5. The fourth-order valence-electron chi connectivity index (χ4n) is 2.79. The van der Waals surface area contributed by atoms with Gasteiger partial charge in [-0.25, -0.2) is 8.42 Å². The minimum Gasteiger partial charge on any atom is -0.354 e. The van der Waals surface area contributed by atoms with Gasteiger partial charge in [0, 0.05) is 44.5 Å². The van der Waals surface area contributed by atoms with E-state index in [9.17, 15) is 13.2 Å². The number of guanidine groups is 1. The summed E-state index contributed by atoms with van der Waals surface area (Å²) in [7, 11) is -1.28. The molecular weight excluding hydrogens is 352 g/mol. The number of aliphatic imine (C=N–C) groups is 1. The number of carbonyl (C=O) groups is 1. The molecule has 1 heterocycles. The van der Waals surface area contributed by atoms with Crippen LogP contribution in [0.5, 0.6) is 0 Å². The van der Waals surface area contributed by atoms with Gasteiger partial charge in [-0.1, -0.05) is 12.1 Å². The molecule has 1 aromatic carbocycles. The molecule has 1 atom stereocenters. The van der Waals surface area contributed by atoms with Gasteiger partial charge in [0.1, 0.15) is 9.84 Å². The average molecular weight is 381 g/mol. The SMILES string of the molecule is CN=C(NCc1ccc(N2CCCC2=O)cc1)NC(C)CCS(C)(=O)=O. The highest BCUT2D eigenvalue weighted by molar-refractivity contribution is 7.90. The van der Waals surface area contributed by atoms with E-state index >= 15 is 0 Å². The summed E-state index contributed by atoms with van der Waals surface area (Å²) in [4.78, 5) is 17.8. The number of carbonyl (C=O) groups excluding carboxylic acids is 1. The average Bonchev–Trinajstić information content (AvgIpc) is 3.02. The molecule has 26 heavy (non-hydrogen) atoms. The van der Waals surface area contributed by atoms with Gasteiger partial charge in [0.05, 0.1) is 5.75 Å². The number of nitrogens with one attached hydrogen (secondary N) is 2. The molecule has 0 radical (unpaired) electrons. The fraction of sp³-hybridized carbons (Fsp3) is 0.556. The maximum atomic E-state index is 11.8. The molecule has 1 amide bonds. The van der Waals surface area contributed by atoms with Crippen LogP contribution in [0.15, 0.2) is 29.3 Å². The van der Waals surface area contributed by atoms with Gasteiger partial charge in [-0.3, -0.25) is 9.79 Å². The van der Waals surface area contributed by atoms with Gasteiger partial charge >= 0.3 is 0 Å². The lowest BCUT2D eigenvalue weighted by Crippen LogP contribution is -2.42. The second-order valence-corrected chi connectivity index (χ2v) is 8.96. The predicted molar refractivity (Wildman–Crippen MR) is 105 cm³/mol. The lowest BCUT2D eigenvalue weighted by molar-refractivity contribution is -0.117. The third-order valence-corrected chi connectivity index (χ3v) is 5.29. The summed E-state index contributed by atoms with van der Waals surface area (Å²) in [6, 6.07) is 7.92. The van der Waals surface area contributed by atoms with Crippen molar-refractivity contribution in [2.24, 2.45) is 4.99 Å². The molecule has 0 spiro atoms. The number of anilines is 1. The van der Waals surface area contributed by atoms with E-state index in [2.05, 4.69) is 15.6 Å². The third-order valence-electron chi connectivity index (χ3n) is 4.31. The zero-order chi connectivity index (χ0) is 19.2. The normalized spacial score (nSPS) is 16.7. The summed E-state index contributed by atoms with van der Waals surface area (Å²) < 4.78 is 22.5. The van der Waals surface area contributed by atoms with E-state index in [1.54, 1.807) is 7.05 Å². The number of sulfone groups is 1.